The van der Waals surface area contributed by atoms with Crippen LogP contribution >= 0.6 is 0 Å². The molecule has 0 fully saturated rings. The fraction of sp³-hybridized carbons (Fsp3) is 0.375. The first kappa shape index (κ1) is 13.7. The molecule has 0 amide bonds. The van der Waals surface area contributed by atoms with Gasteiger partial charge in [-0.2, -0.15) is 0 Å². The number of rotatable bonds is 4. The smallest absolute Gasteiger partial charge is 0.164 e. The fourth-order valence-electron chi connectivity index (χ4n) is 1.76. The van der Waals surface area contributed by atoms with Crippen molar-refractivity contribution in [3.8, 4) is 0 Å². The number of hydrogen-bond donors (Lipinski definition) is 0. The quantitative estimate of drug-likeness (QED) is 0.844. The molecule has 0 N–H and O–H groups in total. The highest BCUT2D eigenvalue weighted by atomic mass is 16.5. The third-order valence-corrected chi connectivity index (χ3v) is 2.70. The zero-order valence-corrected chi connectivity index (χ0v) is 11.6. The van der Waals surface area contributed by atoms with Crippen molar-refractivity contribution in [2.75, 3.05) is 6.61 Å². The van der Waals surface area contributed by atoms with Crippen LogP contribution in [0.1, 0.15) is 26.5 Å². The van der Waals surface area contributed by atoms with Gasteiger partial charge in [-0.05, 0) is 32.9 Å². The summed E-state index contributed by atoms with van der Waals surface area (Å²) in [5.74, 6) is 0.0534. The molecule has 0 aliphatic carbocycles. The molecule has 0 aliphatic rings. The van der Waals surface area contributed by atoms with Crippen LogP contribution in [0, 0.1) is 0 Å². The normalized spacial score (nSPS) is 11.7. The van der Waals surface area contributed by atoms with E-state index in [9.17, 15) is 4.79 Å². The second kappa shape index (κ2) is 5.49. The lowest BCUT2D eigenvalue weighted by Gasteiger charge is -2.18. The van der Waals surface area contributed by atoms with Crippen LogP contribution in [0.4, 0.5) is 0 Å². The molecule has 19 heavy (non-hydrogen) atoms. The van der Waals surface area contributed by atoms with Gasteiger partial charge in [-0.25, -0.2) is 0 Å². The molecule has 0 saturated carbocycles. The number of carbonyl (C=O) groups is 1. The van der Waals surface area contributed by atoms with Crippen LogP contribution in [-0.2, 0) is 16.0 Å². The third kappa shape index (κ3) is 4.14. The number of pyridine rings is 1. The van der Waals surface area contributed by atoms with Crippen LogP contribution in [0.2, 0.25) is 0 Å². The average molecular weight is 257 g/mol. The van der Waals surface area contributed by atoms with E-state index in [0.29, 0.717) is 6.42 Å². The number of ether oxygens (including phenoxy) is 1. The topological polar surface area (TPSA) is 39.2 Å². The number of benzene rings is 1. The van der Waals surface area contributed by atoms with Crippen LogP contribution < -0.4 is 0 Å². The van der Waals surface area contributed by atoms with Gasteiger partial charge in [0.1, 0.15) is 6.61 Å². The molecule has 0 saturated heterocycles. The van der Waals surface area contributed by atoms with Crippen molar-refractivity contribution in [3.05, 3.63) is 42.1 Å². The van der Waals surface area contributed by atoms with Crippen molar-refractivity contribution in [2.45, 2.75) is 32.8 Å². The summed E-state index contributed by atoms with van der Waals surface area (Å²) < 4.78 is 5.47. The highest BCUT2D eigenvalue weighted by Gasteiger charge is 2.13. The predicted molar refractivity (Wildman–Crippen MR) is 76.2 cm³/mol. The van der Waals surface area contributed by atoms with E-state index in [2.05, 4.69) is 4.98 Å². The van der Waals surface area contributed by atoms with Crippen LogP contribution in [-0.4, -0.2) is 23.0 Å². The number of para-hydroxylation sites is 1. The molecule has 0 bridgehead atoms. The molecule has 0 unspecified atom stereocenters. The van der Waals surface area contributed by atoms with Gasteiger partial charge >= 0.3 is 0 Å². The van der Waals surface area contributed by atoms with Crippen molar-refractivity contribution in [1.82, 2.24) is 4.98 Å². The number of ketones is 1. The Kier molecular flexibility index (Phi) is 3.96. The Morgan fingerprint density at radius 2 is 1.89 bits per heavy atom. The molecule has 0 aliphatic heterocycles. The molecule has 3 heteroatoms. The molecule has 100 valence electrons. The standard InChI is InChI=1S/C16H19NO2/c1-16(2,3)19-11-14(18)10-13-9-8-12-6-4-5-7-15(12)17-13/h4-9H,10-11H2,1-3H3. The van der Waals surface area contributed by atoms with Crippen molar-refractivity contribution in [3.63, 3.8) is 0 Å². The lowest BCUT2D eigenvalue weighted by molar-refractivity contribution is -0.127. The number of hydrogen-bond acceptors (Lipinski definition) is 3. The summed E-state index contributed by atoms with van der Waals surface area (Å²) in [6, 6.07) is 11.8. The number of Topliss-reactive ketones (excluding diaryl/α,β-unsaturated/α-hetero) is 1. The molecule has 1 heterocycles. The minimum atomic E-state index is -0.285. The lowest BCUT2D eigenvalue weighted by atomic mass is 10.1. The van der Waals surface area contributed by atoms with Gasteiger partial charge in [0.2, 0.25) is 0 Å². The Hall–Kier alpha value is -1.74. The molecule has 2 aromatic rings. The van der Waals surface area contributed by atoms with Crippen LogP contribution in [0.25, 0.3) is 10.9 Å². The van der Waals surface area contributed by atoms with Gasteiger partial charge < -0.3 is 4.74 Å². The van der Waals surface area contributed by atoms with Gasteiger partial charge in [-0.1, -0.05) is 24.3 Å². The number of nitrogens with zero attached hydrogens (tertiary/aromatic N) is 1. The number of aromatic nitrogens is 1. The van der Waals surface area contributed by atoms with Crippen LogP contribution in [0.15, 0.2) is 36.4 Å². The zero-order valence-electron chi connectivity index (χ0n) is 11.6. The zero-order chi connectivity index (χ0) is 13.9. The number of carbonyl (C=O) groups excluding carboxylic acids is 1. The Morgan fingerprint density at radius 3 is 2.63 bits per heavy atom. The van der Waals surface area contributed by atoms with E-state index in [1.165, 1.54) is 0 Å². The van der Waals surface area contributed by atoms with Crippen LogP contribution in [0.5, 0.6) is 0 Å². The monoisotopic (exact) mass is 257 g/mol. The maximum absolute atomic E-state index is 11.8. The van der Waals surface area contributed by atoms with E-state index >= 15 is 0 Å². The highest BCUT2D eigenvalue weighted by Crippen LogP contribution is 2.12. The molecule has 2 rings (SSSR count). The Balaban J connectivity index is 2.03. The summed E-state index contributed by atoms with van der Waals surface area (Å²) in [6.07, 6.45) is 0.320. The van der Waals surface area contributed by atoms with E-state index < -0.39 is 0 Å². The summed E-state index contributed by atoms with van der Waals surface area (Å²) in [5, 5.41) is 1.09. The average Bonchev–Trinajstić information content (AvgIpc) is 2.35. The SMILES string of the molecule is CC(C)(C)OCC(=O)Cc1ccc2ccccc2n1. The fourth-order valence-corrected chi connectivity index (χ4v) is 1.76. The molecule has 1 aromatic heterocycles. The first-order valence-electron chi connectivity index (χ1n) is 6.44. The van der Waals surface area contributed by atoms with Gasteiger partial charge in [0, 0.05) is 11.1 Å². The van der Waals surface area contributed by atoms with E-state index in [1.54, 1.807) is 0 Å². The first-order chi connectivity index (χ1) is 8.94. The summed E-state index contributed by atoms with van der Waals surface area (Å²) >= 11 is 0. The van der Waals surface area contributed by atoms with Crippen LogP contribution in [0.3, 0.4) is 0 Å². The lowest BCUT2D eigenvalue weighted by Crippen LogP contribution is -2.24. The molecule has 0 atom stereocenters. The van der Waals surface area contributed by atoms with Gasteiger partial charge in [-0.15, -0.1) is 0 Å². The van der Waals surface area contributed by atoms with Crippen molar-refractivity contribution in [2.24, 2.45) is 0 Å². The van der Waals surface area contributed by atoms with Gasteiger partial charge in [-0.3, -0.25) is 9.78 Å². The second-order valence-corrected chi connectivity index (χ2v) is 5.61. The Morgan fingerprint density at radius 1 is 1.16 bits per heavy atom. The summed E-state index contributed by atoms with van der Waals surface area (Å²) in [4.78, 5) is 16.3. The van der Waals surface area contributed by atoms with Gasteiger partial charge in [0.15, 0.2) is 5.78 Å². The van der Waals surface area contributed by atoms with E-state index in [0.717, 1.165) is 16.6 Å². The third-order valence-electron chi connectivity index (χ3n) is 2.70. The molecule has 1 aromatic carbocycles. The summed E-state index contributed by atoms with van der Waals surface area (Å²) in [7, 11) is 0. The largest absolute Gasteiger partial charge is 0.368 e. The van der Waals surface area contributed by atoms with Crippen molar-refractivity contribution in [1.29, 1.82) is 0 Å². The summed E-state index contributed by atoms with van der Waals surface area (Å²) in [5.41, 5.74) is 1.43. The van der Waals surface area contributed by atoms with E-state index in [1.807, 2.05) is 57.2 Å². The van der Waals surface area contributed by atoms with E-state index in [4.69, 9.17) is 4.74 Å². The van der Waals surface area contributed by atoms with Gasteiger partial charge in [0.05, 0.1) is 17.5 Å². The molecule has 0 spiro atoms. The minimum absolute atomic E-state index is 0.0534. The van der Waals surface area contributed by atoms with Crippen molar-refractivity contribution >= 4 is 16.7 Å². The maximum Gasteiger partial charge on any atom is 0.164 e. The molecule has 3 nitrogen and oxygen atoms in total. The maximum atomic E-state index is 11.8. The van der Waals surface area contributed by atoms with E-state index in [-0.39, 0.29) is 18.0 Å². The first-order valence-corrected chi connectivity index (χ1v) is 6.44. The van der Waals surface area contributed by atoms with Gasteiger partial charge in [0.25, 0.3) is 0 Å². The van der Waals surface area contributed by atoms with Crippen molar-refractivity contribution < 1.29 is 9.53 Å². The Labute approximate surface area is 113 Å². The molecular formula is C16H19NO2. The number of fused-ring (bicyclic) bond motifs is 1. The Bertz CT molecular complexity index is 585. The molecular weight excluding hydrogens is 238 g/mol. The second-order valence-electron chi connectivity index (χ2n) is 5.61. The minimum Gasteiger partial charge on any atom is -0.368 e. The molecule has 0 radical (unpaired) electrons. The highest BCUT2D eigenvalue weighted by molar-refractivity contribution is 5.83. The predicted octanol–water partition coefficient (Wildman–Crippen LogP) is 3.16. The summed E-state index contributed by atoms with van der Waals surface area (Å²) in [6.45, 7) is 5.95.